The molecule has 0 saturated carbocycles. The van der Waals surface area contributed by atoms with Gasteiger partial charge in [-0.25, -0.2) is 0 Å². The number of hydrogen-bond acceptors (Lipinski definition) is 3. The third-order valence-corrected chi connectivity index (χ3v) is 4.41. The normalized spacial score (nSPS) is 12.5. The Balaban J connectivity index is 2.61. The zero-order chi connectivity index (χ0) is 13.8. The Labute approximate surface area is 113 Å². The van der Waals surface area contributed by atoms with Crippen LogP contribution >= 0.6 is 11.3 Å². The summed E-state index contributed by atoms with van der Waals surface area (Å²) in [5, 5.41) is 13.9. The van der Waals surface area contributed by atoms with Crippen LogP contribution < -0.4 is 5.32 Å². The van der Waals surface area contributed by atoms with Crippen LogP contribution in [0.1, 0.15) is 39.0 Å². The average molecular weight is 269 g/mol. The fourth-order valence-corrected chi connectivity index (χ4v) is 2.53. The molecule has 1 aromatic heterocycles. The summed E-state index contributed by atoms with van der Waals surface area (Å²) in [6, 6.07) is 3.95. The van der Waals surface area contributed by atoms with Crippen LogP contribution in [0.2, 0.25) is 0 Å². The Morgan fingerprint density at radius 3 is 2.56 bits per heavy atom. The largest absolute Gasteiger partial charge is 0.396 e. The third-order valence-electron chi connectivity index (χ3n) is 3.22. The highest BCUT2D eigenvalue weighted by Crippen LogP contribution is 2.28. The van der Waals surface area contributed by atoms with Gasteiger partial charge in [-0.15, -0.1) is 11.3 Å². The second-order valence-electron chi connectivity index (χ2n) is 5.92. The number of hydrogen-bond donors (Lipinski definition) is 2. The number of rotatable bonds is 6. The standard InChI is InChI=1S/C14H23NO2S/c1-13(2,7-8-16)10-15-12(17)14(3,4)11-6-5-9-18-11/h5-6,9,16H,7-8,10H2,1-4H3,(H,15,17). The molecule has 1 amide bonds. The number of carbonyl (C=O) groups excluding carboxylic acids is 1. The van der Waals surface area contributed by atoms with Gasteiger partial charge >= 0.3 is 0 Å². The van der Waals surface area contributed by atoms with Crippen molar-refractivity contribution in [3.63, 3.8) is 0 Å². The highest BCUT2D eigenvalue weighted by Gasteiger charge is 2.31. The van der Waals surface area contributed by atoms with E-state index in [0.29, 0.717) is 13.0 Å². The van der Waals surface area contributed by atoms with E-state index >= 15 is 0 Å². The van der Waals surface area contributed by atoms with Crippen molar-refractivity contribution in [1.29, 1.82) is 0 Å². The molecule has 0 aliphatic rings. The fourth-order valence-electron chi connectivity index (χ4n) is 1.68. The molecule has 102 valence electrons. The molecule has 0 bridgehead atoms. The number of aliphatic hydroxyl groups is 1. The van der Waals surface area contributed by atoms with E-state index in [1.807, 2.05) is 45.2 Å². The Bertz CT molecular complexity index is 383. The molecule has 0 unspecified atom stereocenters. The van der Waals surface area contributed by atoms with Crippen LogP contribution in [0.25, 0.3) is 0 Å². The second kappa shape index (κ2) is 5.85. The van der Waals surface area contributed by atoms with Crippen molar-refractivity contribution in [3.8, 4) is 0 Å². The number of nitrogens with one attached hydrogen (secondary N) is 1. The van der Waals surface area contributed by atoms with Gasteiger partial charge in [0.25, 0.3) is 0 Å². The summed E-state index contributed by atoms with van der Waals surface area (Å²) in [5.74, 6) is 0.0379. The summed E-state index contributed by atoms with van der Waals surface area (Å²) in [4.78, 5) is 13.3. The minimum absolute atomic E-state index is 0.0379. The van der Waals surface area contributed by atoms with Crippen LogP contribution in [0.5, 0.6) is 0 Å². The van der Waals surface area contributed by atoms with E-state index in [2.05, 4.69) is 5.32 Å². The van der Waals surface area contributed by atoms with Crippen molar-refractivity contribution in [3.05, 3.63) is 22.4 Å². The van der Waals surface area contributed by atoms with Crippen LogP contribution in [0, 0.1) is 5.41 Å². The Kier molecular flexibility index (Phi) is 4.93. The van der Waals surface area contributed by atoms with Crippen molar-refractivity contribution in [1.82, 2.24) is 5.32 Å². The summed E-state index contributed by atoms with van der Waals surface area (Å²) < 4.78 is 0. The maximum absolute atomic E-state index is 12.2. The highest BCUT2D eigenvalue weighted by molar-refractivity contribution is 7.10. The van der Waals surface area contributed by atoms with Crippen molar-refractivity contribution < 1.29 is 9.90 Å². The van der Waals surface area contributed by atoms with Gasteiger partial charge in [0, 0.05) is 18.0 Å². The molecule has 3 nitrogen and oxygen atoms in total. The molecule has 1 heterocycles. The molecule has 0 atom stereocenters. The molecule has 1 rings (SSSR count). The minimum atomic E-state index is -0.497. The van der Waals surface area contributed by atoms with Crippen LogP contribution in [-0.4, -0.2) is 24.2 Å². The predicted octanol–water partition coefficient (Wildman–Crippen LogP) is 2.55. The number of carbonyl (C=O) groups is 1. The molecular weight excluding hydrogens is 246 g/mol. The molecule has 0 aliphatic heterocycles. The number of thiophene rings is 1. The predicted molar refractivity (Wildman–Crippen MR) is 75.8 cm³/mol. The van der Waals surface area contributed by atoms with E-state index < -0.39 is 5.41 Å². The van der Waals surface area contributed by atoms with Crippen molar-refractivity contribution in [2.45, 2.75) is 39.5 Å². The first-order valence-electron chi connectivity index (χ1n) is 6.23. The van der Waals surface area contributed by atoms with Crippen molar-refractivity contribution in [2.24, 2.45) is 5.41 Å². The smallest absolute Gasteiger partial charge is 0.230 e. The molecule has 2 N–H and O–H groups in total. The summed E-state index contributed by atoms with van der Waals surface area (Å²) in [6.07, 6.45) is 0.687. The van der Waals surface area contributed by atoms with E-state index in [1.165, 1.54) is 0 Å². The third kappa shape index (κ3) is 3.82. The van der Waals surface area contributed by atoms with Crippen LogP contribution in [-0.2, 0) is 10.2 Å². The fraction of sp³-hybridized carbons (Fsp3) is 0.643. The summed E-state index contributed by atoms with van der Waals surface area (Å²) >= 11 is 1.60. The lowest BCUT2D eigenvalue weighted by Gasteiger charge is -2.28. The maximum Gasteiger partial charge on any atom is 0.230 e. The molecule has 0 radical (unpaired) electrons. The van der Waals surface area contributed by atoms with E-state index in [1.54, 1.807) is 11.3 Å². The molecule has 4 heteroatoms. The van der Waals surface area contributed by atoms with Gasteiger partial charge in [-0.2, -0.15) is 0 Å². The van der Waals surface area contributed by atoms with E-state index in [0.717, 1.165) is 4.88 Å². The summed E-state index contributed by atoms with van der Waals surface area (Å²) in [6.45, 7) is 8.70. The van der Waals surface area contributed by atoms with Crippen LogP contribution in [0.3, 0.4) is 0 Å². The molecule has 1 aromatic rings. The summed E-state index contributed by atoms with van der Waals surface area (Å²) in [5.41, 5.74) is -0.570. The Hall–Kier alpha value is -0.870. The van der Waals surface area contributed by atoms with Gasteiger partial charge in [0.2, 0.25) is 5.91 Å². The minimum Gasteiger partial charge on any atom is -0.396 e. The topological polar surface area (TPSA) is 49.3 Å². The van der Waals surface area contributed by atoms with Gasteiger partial charge in [-0.3, -0.25) is 4.79 Å². The van der Waals surface area contributed by atoms with Gasteiger partial charge in [-0.05, 0) is 37.1 Å². The highest BCUT2D eigenvalue weighted by atomic mass is 32.1. The monoisotopic (exact) mass is 269 g/mol. The lowest BCUT2D eigenvalue weighted by atomic mass is 9.87. The van der Waals surface area contributed by atoms with E-state index in [-0.39, 0.29) is 17.9 Å². The van der Waals surface area contributed by atoms with Gasteiger partial charge in [0.1, 0.15) is 0 Å². The molecule has 18 heavy (non-hydrogen) atoms. The zero-order valence-corrected chi connectivity index (χ0v) is 12.4. The lowest BCUT2D eigenvalue weighted by molar-refractivity contribution is -0.126. The Morgan fingerprint density at radius 2 is 2.06 bits per heavy atom. The Morgan fingerprint density at radius 1 is 1.39 bits per heavy atom. The maximum atomic E-state index is 12.2. The lowest BCUT2D eigenvalue weighted by Crippen LogP contribution is -2.43. The van der Waals surface area contributed by atoms with Crippen LogP contribution in [0.15, 0.2) is 17.5 Å². The number of aliphatic hydroxyl groups excluding tert-OH is 1. The van der Waals surface area contributed by atoms with Gasteiger partial charge in [0.05, 0.1) is 5.41 Å². The molecule has 0 aromatic carbocycles. The van der Waals surface area contributed by atoms with E-state index in [4.69, 9.17) is 5.11 Å². The van der Waals surface area contributed by atoms with Crippen molar-refractivity contribution >= 4 is 17.2 Å². The zero-order valence-electron chi connectivity index (χ0n) is 11.6. The second-order valence-corrected chi connectivity index (χ2v) is 6.87. The van der Waals surface area contributed by atoms with E-state index in [9.17, 15) is 4.79 Å². The first kappa shape index (κ1) is 15.2. The first-order valence-corrected chi connectivity index (χ1v) is 7.11. The molecule has 0 fully saturated rings. The first-order chi connectivity index (χ1) is 8.29. The molecule has 0 saturated heterocycles. The molecular formula is C14H23NO2S. The van der Waals surface area contributed by atoms with Gasteiger partial charge in [0.15, 0.2) is 0 Å². The molecule has 0 aliphatic carbocycles. The van der Waals surface area contributed by atoms with Crippen LogP contribution in [0.4, 0.5) is 0 Å². The van der Waals surface area contributed by atoms with Gasteiger partial charge in [-0.1, -0.05) is 19.9 Å². The quantitative estimate of drug-likeness (QED) is 0.834. The summed E-state index contributed by atoms with van der Waals surface area (Å²) in [7, 11) is 0. The average Bonchev–Trinajstić information content (AvgIpc) is 2.79. The number of amides is 1. The molecule has 0 spiro atoms. The van der Waals surface area contributed by atoms with Crippen molar-refractivity contribution in [2.75, 3.05) is 13.2 Å². The van der Waals surface area contributed by atoms with Gasteiger partial charge < -0.3 is 10.4 Å². The SMILES string of the molecule is CC(C)(CCO)CNC(=O)C(C)(C)c1cccs1.